The smallest absolute Gasteiger partial charge is 0.262 e. The molecule has 0 bridgehead atoms. The first-order valence-corrected chi connectivity index (χ1v) is 19.5. The number of anilines is 1. The van der Waals surface area contributed by atoms with Crippen molar-refractivity contribution in [3.8, 4) is 17.6 Å². The van der Waals surface area contributed by atoms with E-state index in [4.69, 9.17) is 22.9 Å². The molecule has 3 aromatic rings. The van der Waals surface area contributed by atoms with Crippen molar-refractivity contribution in [2.75, 3.05) is 31.1 Å². The van der Waals surface area contributed by atoms with E-state index in [1.807, 2.05) is 17.0 Å². The van der Waals surface area contributed by atoms with E-state index < -0.39 is 29.7 Å². The predicted octanol–water partition coefficient (Wildman–Crippen LogP) is 4.70. The summed E-state index contributed by atoms with van der Waals surface area (Å²) in [5.74, 6) is 5.36. The zero-order valence-electron chi connectivity index (χ0n) is 32.0. The second kappa shape index (κ2) is 13.2. The average Bonchev–Trinajstić information content (AvgIpc) is 3.57. The summed E-state index contributed by atoms with van der Waals surface area (Å²) in [4.78, 5) is 79.6. The van der Waals surface area contributed by atoms with E-state index in [0.29, 0.717) is 40.3 Å². The highest BCUT2D eigenvalue weighted by Gasteiger charge is 2.67. The van der Waals surface area contributed by atoms with Crippen molar-refractivity contribution in [1.82, 2.24) is 25.0 Å². The summed E-state index contributed by atoms with van der Waals surface area (Å²) < 4.78 is 6.46. The van der Waals surface area contributed by atoms with Crippen LogP contribution in [-0.2, 0) is 16.1 Å². The molecule has 2 aromatic carbocycles. The number of hydrogen-bond acceptors (Lipinski definition) is 9. The molecule has 6 aliphatic rings. The molecule has 1 atom stereocenters. The zero-order chi connectivity index (χ0) is 40.1. The van der Waals surface area contributed by atoms with Crippen molar-refractivity contribution in [2.45, 2.75) is 71.3 Å². The summed E-state index contributed by atoms with van der Waals surface area (Å²) in [5, 5.41) is 2.58. The van der Waals surface area contributed by atoms with Crippen LogP contribution in [0.2, 0.25) is 5.02 Å². The summed E-state index contributed by atoms with van der Waals surface area (Å²) in [7, 11) is 0. The third-order valence-corrected chi connectivity index (χ3v) is 13.0. The van der Waals surface area contributed by atoms with Crippen LogP contribution in [-0.4, -0.2) is 99.6 Å². The molecule has 5 aliphatic heterocycles. The molecule has 1 saturated carbocycles. The predicted molar refractivity (Wildman–Crippen MR) is 209 cm³/mol. The van der Waals surface area contributed by atoms with Crippen LogP contribution in [0.1, 0.15) is 82.9 Å². The molecule has 4 fully saturated rings. The standard InChI is InChI=1S/C43H40ClN7O6/c1-42(2)40(43(3,4)41(42)57-28-9-11-33(45-5)32(44)16-28)50-20-24-14-25(46-17-31(24)37(50)54)7-6-23-18-48(19-23)27-21-49(22-27)26-8-10-29-30(15-26)39(56)51(38(29)55)34-12-13-35(52)47-36(34)53/h8-11,14-17,23,27,34,40-41H,12-13,18-22H2,1-4H3,(H,47,52,53). The SMILES string of the molecule is [C-]#[N+]c1ccc(OC2C(C)(C)C(N3Cc4cc(C#CC5CN(C6CN(c7ccc8c(c7)C(=O)N(C7CCC(=O)NC7=O)C8=O)C6)C5)ncc4C3=O)C2(C)C)cc1Cl. The number of aromatic nitrogens is 1. The van der Waals surface area contributed by atoms with Crippen LogP contribution in [0.4, 0.5) is 11.4 Å². The van der Waals surface area contributed by atoms with Crippen LogP contribution in [0, 0.1) is 35.2 Å². The second-order valence-corrected chi connectivity index (χ2v) is 17.5. The molecule has 1 aromatic heterocycles. The first-order chi connectivity index (χ1) is 27.1. The fourth-order valence-electron chi connectivity index (χ4n) is 10.1. The lowest BCUT2D eigenvalue weighted by molar-refractivity contribution is -0.199. The van der Waals surface area contributed by atoms with E-state index in [-0.39, 0.29) is 58.8 Å². The molecular formula is C43H40ClN7O6. The normalized spacial score (nSPS) is 25.1. The van der Waals surface area contributed by atoms with Gasteiger partial charge in [-0.2, -0.15) is 0 Å². The molecule has 1 unspecified atom stereocenters. The van der Waals surface area contributed by atoms with Gasteiger partial charge in [0.15, 0.2) is 0 Å². The van der Waals surface area contributed by atoms with Gasteiger partial charge in [-0.15, -0.1) is 0 Å². The number of carbonyl (C=O) groups is 5. The van der Waals surface area contributed by atoms with Crippen molar-refractivity contribution in [3.63, 3.8) is 0 Å². The lowest BCUT2D eigenvalue weighted by Crippen LogP contribution is -2.74. The molecule has 13 nitrogen and oxygen atoms in total. The molecule has 3 saturated heterocycles. The van der Waals surface area contributed by atoms with Crippen LogP contribution in [0.5, 0.6) is 5.75 Å². The van der Waals surface area contributed by atoms with Gasteiger partial charge in [-0.3, -0.25) is 39.1 Å². The summed E-state index contributed by atoms with van der Waals surface area (Å²) in [6, 6.07) is 11.5. The minimum atomic E-state index is -0.987. The molecule has 0 spiro atoms. The van der Waals surface area contributed by atoms with Gasteiger partial charge in [-0.1, -0.05) is 51.3 Å². The Morgan fingerprint density at radius 1 is 0.912 bits per heavy atom. The number of nitrogens with one attached hydrogen (secondary N) is 1. The summed E-state index contributed by atoms with van der Waals surface area (Å²) in [6.45, 7) is 19.5. The number of ether oxygens (including phenoxy) is 1. The van der Waals surface area contributed by atoms with Crippen LogP contribution >= 0.6 is 11.6 Å². The van der Waals surface area contributed by atoms with Gasteiger partial charge in [-0.05, 0) is 54.3 Å². The monoisotopic (exact) mass is 785 g/mol. The number of fused-ring (bicyclic) bond motifs is 2. The molecule has 1 N–H and O–H groups in total. The highest BCUT2D eigenvalue weighted by atomic mass is 35.5. The Hall–Kier alpha value is -5.76. The van der Waals surface area contributed by atoms with E-state index in [2.05, 4.69) is 64.5 Å². The molecule has 57 heavy (non-hydrogen) atoms. The lowest BCUT2D eigenvalue weighted by Gasteiger charge is -2.65. The molecular weight excluding hydrogens is 746 g/mol. The summed E-state index contributed by atoms with van der Waals surface area (Å²) in [5.41, 5.74) is 3.22. The highest BCUT2D eigenvalue weighted by molar-refractivity contribution is 6.33. The van der Waals surface area contributed by atoms with Crippen molar-refractivity contribution in [1.29, 1.82) is 0 Å². The molecule has 0 radical (unpaired) electrons. The quantitative estimate of drug-likeness (QED) is 0.214. The fraction of sp³-hybridized carbons (Fsp3) is 0.419. The maximum absolute atomic E-state index is 13.7. The number of nitrogens with zero attached hydrogens (tertiary/aromatic N) is 6. The van der Waals surface area contributed by atoms with Crippen molar-refractivity contribution < 1.29 is 28.7 Å². The maximum atomic E-state index is 13.7. The van der Waals surface area contributed by atoms with E-state index in [1.54, 1.807) is 36.5 Å². The molecule has 290 valence electrons. The first kappa shape index (κ1) is 36.9. The topological polar surface area (TPSA) is 137 Å². The van der Waals surface area contributed by atoms with Gasteiger partial charge < -0.3 is 14.5 Å². The Morgan fingerprint density at radius 3 is 2.35 bits per heavy atom. The van der Waals surface area contributed by atoms with Gasteiger partial charge >= 0.3 is 0 Å². The fourth-order valence-corrected chi connectivity index (χ4v) is 10.4. The van der Waals surface area contributed by atoms with Crippen molar-refractivity contribution >= 4 is 52.5 Å². The van der Waals surface area contributed by atoms with Gasteiger partial charge in [0, 0.05) is 79.9 Å². The van der Waals surface area contributed by atoms with Gasteiger partial charge in [0.05, 0.1) is 28.3 Å². The van der Waals surface area contributed by atoms with Crippen molar-refractivity contribution in [2.24, 2.45) is 16.7 Å². The Balaban J connectivity index is 0.783. The Labute approximate surface area is 335 Å². The number of piperidine rings is 1. The van der Waals surface area contributed by atoms with Gasteiger partial charge in [0.25, 0.3) is 17.7 Å². The second-order valence-electron chi connectivity index (χ2n) is 17.1. The van der Waals surface area contributed by atoms with Crippen LogP contribution in [0.3, 0.4) is 0 Å². The van der Waals surface area contributed by atoms with E-state index in [1.165, 1.54) is 0 Å². The Kier molecular flexibility index (Phi) is 8.50. The van der Waals surface area contributed by atoms with Crippen LogP contribution in [0.25, 0.3) is 4.85 Å². The maximum Gasteiger partial charge on any atom is 0.262 e. The number of hydrogen-bond donors (Lipinski definition) is 1. The number of benzene rings is 2. The van der Waals surface area contributed by atoms with Gasteiger partial charge in [0.2, 0.25) is 17.5 Å². The minimum Gasteiger partial charge on any atom is -0.489 e. The number of rotatable bonds is 6. The third kappa shape index (κ3) is 5.86. The Bertz CT molecular complexity index is 2400. The summed E-state index contributed by atoms with van der Waals surface area (Å²) in [6.07, 6.45) is 1.66. The molecule has 5 amide bonds. The van der Waals surface area contributed by atoms with Crippen LogP contribution in [0.15, 0.2) is 48.7 Å². The number of pyridine rings is 1. The molecule has 6 heterocycles. The van der Waals surface area contributed by atoms with Gasteiger partial charge in [0.1, 0.15) is 23.6 Å². The highest BCUT2D eigenvalue weighted by Crippen LogP contribution is 2.59. The van der Waals surface area contributed by atoms with Crippen molar-refractivity contribution in [3.05, 3.63) is 93.0 Å². The largest absolute Gasteiger partial charge is 0.489 e. The van der Waals surface area contributed by atoms with E-state index in [0.717, 1.165) is 42.3 Å². The molecule has 14 heteroatoms. The van der Waals surface area contributed by atoms with Gasteiger partial charge in [-0.25, -0.2) is 9.83 Å². The third-order valence-electron chi connectivity index (χ3n) is 12.7. The van der Waals surface area contributed by atoms with E-state index in [9.17, 15) is 24.0 Å². The zero-order valence-corrected chi connectivity index (χ0v) is 32.7. The Morgan fingerprint density at radius 2 is 1.65 bits per heavy atom. The molecule has 1 aliphatic carbocycles. The lowest BCUT2D eigenvalue weighted by atomic mass is 9.49. The van der Waals surface area contributed by atoms with Crippen LogP contribution < -0.4 is 15.0 Å². The number of imide groups is 2. The number of amides is 5. The number of halogens is 1. The van der Waals surface area contributed by atoms with E-state index >= 15 is 0 Å². The average molecular weight is 786 g/mol. The molecule has 9 rings (SSSR count). The first-order valence-electron chi connectivity index (χ1n) is 19.2. The number of likely N-dealkylation sites (tertiary alicyclic amines) is 1. The number of carbonyl (C=O) groups excluding carboxylic acids is 5. The minimum absolute atomic E-state index is 0.0376. The summed E-state index contributed by atoms with van der Waals surface area (Å²) >= 11 is 6.28.